The van der Waals surface area contributed by atoms with Crippen molar-refractivity contribution < 1.29 is 19.1 Å². The maximum Gasteiger partial charge on any atom is 0.290 e. The van der Waals surface area contributed by atoms with Crippen molar-refractivity contribution in [1.82, 2.24) is 4.90 Å². The lowest BCUT2D eigenvalue weighted by Gasteiger charge is -2.35. The Labute approximate surface area is 157 Å². The Morgan fingerprint density at radius 2 is 1.78 bits per heavy atom. The molecule has 0 radical (unpaired) electrons. The van der Waals surface area contributed by atoms with Crippen molar-refractivity contribution in [3.63, 3.8) is 0 Å². The van der Waals surface area contributed by atoms with Gasteiger partial charge in [0.15, 0.2) is 5.76 Å². The molecule has 6 heteroatoms. The highest BCUT2D eigenvalue weighted by molar-refractivity contribution is 5.99. The highest BCUT2D eigenvalue weighted by Gasteiger charge is 2.28. The Morgan fingerprint density at radius 1 is 1.07 bits per heavy atom. The summed E-state index contributed by atoms with van der Waals surface area (Å²) in [5.74, 6) is 0.530. The summed E-state index contributed by atoms with van der Waals surface area (Å²) >= 11 is 0. The minimum absolute atomic E-state index is 0.0939. The molecular formula is C21H22N2O4. The number of para-hydroxylation sites is 1. The minimum atomic E-state index is -0.0939. The summed E-state index contributed by atoms with van der Waals surface area (Å²) in [5.41, 5.74) is 2.55. The molecule has 1 fully saturated rings. The molecule has 140 valence electrons. The van der Waals surface area contributed by atoms with Gasteiger partial charge in [0.05, 0.1) is 6.61 Å². The van der Waals surface area contributed by atoms with Crippen LogP contribution in [0.25, 0.3) is 11.0 Å². The molecule has 1 amide bonds. The third-order valence-electron chi connectivity index (χ3n) is 4.96. The molecule has 0 aliphatic carbocycles. The number of amides is 1. The second-order valence-electron chi connectivity index (χ2n) is 6.63. The van der Waals surface area contributed by atoms with Crippen LogP contribution in [0.3, 0.4) is 0 Å². The number of phenols is 1. The van der Waals surface area contributed by atoms with E-state index in [1.54, 1.807) is 19.2 Å². The van der Waals surface area contributed by atoms with Gasteiger partial charge in [0.25, 0.3) is 5.91 Å². The van der Waals surface area contributed by atoms with Gasteiger partial charge in [-0.15, -0.1) is 0 Å². The number of methoxy groups -OCH3 is 1. The average Bonchev–Trinajstić information content (AvgIpc) is 3.07. The zero-order valence-corrected chi connectivity index (χ0v) is 15.2. The summed E-state index contributed by atoms with van der Waals surface area (Å²) in [7, 11) is 1.62. The molecule has 2 aromatic carbocycles. The average molecular weight is 366 g/mol. The summed E-state index contributed by atoms with van der Waals surface area (Å²) in [6.07, 6.45) is 0. The summed E-state index contributed by atoms with van der Waals surface area (Å²) in [4.78, 5) is 17.1. The molecule has 1 N–H and O–H groups in total. The number of furan rings is 1. The van der Waals surface area contributed by atoms with Crippen LogP contribution < -0.4 is 4.90 Å². The number of rotatable bonds is 4. The number of hydrogen-bond donors (Lipinski definition) is 1. The molecule has 1 aromatic heterocycles. The molecule has 6 nitrogen and oxygen atoms in total. The minimum Gasteiger partial charge on any atom is -0.508 e. The van der Waals surface area contributed by atoms with Gasteiger partial charge in [-0.25, -0.2) is 0 Å². The maximum absolute atomic E-state index is 13.1. The Balaban J connectivity index is 1.52. The van der Waals surface area contributed by atoms with Crippen molar-refractivity contribution in [2.24, 2.45) is 0 Å². The Hall–Kier alpha value is -2.99. The molecule has 1 aliphatic rings. The number of fused-ring (bicyclic) bond motifs is 1. The summed E-state index contributed by atoms with van der Waals surface area (Å²) in [6, 6.07) is 14.8. The SMILES string of the molecule is COCc1c(C(=O)N2CCN(c3ccc(O)cc3)CC2)oc2ccccc12. The number of aromatic hydroxyl groups is 1. The van der Waals surface area contributed by atoms with Crippen LogP contribution in [0, 0.1) is 0 Å². The van der Waals surface area contributed by atoms with Crippen LogP contribution in [-0.4, -0.2) is 49.2 Å². The van der Waals surface area contributed by atoms with Crippen LogP contribution >= 0.6 is 0 Å². The number of phenolic OH excluding ortho intramolecular Hbond substituents is 1. The zero-order valence-electron chi connectivity index (χ0n) is 15.2. The van der Waals surface area contributed by atoms with Crippen LogP contribution in [0.1, 0.15) is 16.1 Å². The first-order valence-electron chi connectivity index (χ1n) is 9.00. The number of carbonyl (C=O) groups is 1. The first kappa shape index (κ1) is 17.4. The standard InChI is InChI=1S/C21H22N2O4/c1-26-14-18-17-4-2-3-5-19(17)27-20(18)21(25)23-12-10-22(11-13-23)15-6-8-16(24)9-7-15/h2-9,24H,10-14H2,1H3. The van der Waals surface area contributed by atoms with Crippen LogP contribution in [-0.2, 0) is 11.3 Å². The van der Waals surface area contributed by atoms with Gasteiger partial charge in [-0.05, 0) is 30.3 Å². The monoisotopic (exact) mass is 366 g/mol. The van der Waals surface area contributed by atoms with E-state index in [4.69, 9.17) is 9.15 Å². The number of piperazine rings is 1. The first-order valence-corrected chi connectivity index (χ1v) is 9.00. The molecule has 3 aromatic rings. The quantitative estimate of drug-likeness (QED) is 0.768. The van der Waals surface area contributed by atoms with E-state index in [9.17, 15) is 9.90 Å². The number of benzene rings is 2. The van der Waals surface area contributed by atoms with Crippen molar-refractivity contribution in [3.05, 3.63) is 59.9 Å². The van der Waals surface area contributed by atoms with Crippen molar-refractivity contribution in [1.29, 1.82) is 0 Å². The molecule has 27 heavy (non-hydrogen) atoms. The van der Waals surface area contributed by atoms with Gasteiger partial charge < -0.3 is 24.1 Å². The van der Waals surface area contributed by atoms with Crippen LogP contribution in [0.5, 0.6) is 5.75 Å². The molecular weight excluding hydrogens is 344 g/mol. The first-order chi connectivity index (χ1) is 13.2. The zero-order chi connectivity index (χ0) is 18.8. The van der Waals surface area contributed by atoms with Crippen molar-refractivity contribution >= 4 is 22.6 Å². The summed E-state index contributed by atoms with van der Waals surface area (Å²) in [5, 5.41) is 10.4. The third-order valence-corrected chi connectivity index (χ3v) is 4.96. The predicted octanol–water partition coefficient (Wildman–Crippen LogP) is 3.25. The van der Waals surface area contributed by atoms with E-state index < -0.39 is 0 Å². The van der Waals surface area contributed by atoms with Gasteiger partial charge in [-0.3, -0.25) is 4.79 Å². The van der Waals surface area contributed by atoms with Gasteiger partial charge in [0, 0.05) is 49.9 Å². The smallest absolute Gasteiger partial charge is 0.290 e. The summed E-state index contributed by atoms with van der Waals surface area (Å²) < 4.78 is 11.2. The molecule has 1 saturated heterocycles. The Morgan fingerprint density at radius 3 is 2.48 bits per heavy atom. The van der Waals surface area contributed by atoms with E-state index in [0.29, 0.717) is 31.0 Å². The van der Waals surface area contributed by atoms with E-state index >= 15 is 0 Å². The van der Waals surface area contributed by atoms with E-state index in [0.717, 1.165) is 29.7 Å². The number of nitrogens with zero attached hydrogens (tertiary/aromatic N) is 2. The molecule has 0 saturated carbocycles. The normalized spacial score (nSPS) is 14.7. The predicted molar refractivity (Wildman–Crippen MR) is 103 cm³/mol. The molecule has 0 atom stereocenters. The van der Waals surface area contributed by atoms with E-state index in [2.05, 4.69) is 4.90 Å². The second kappa shape index (κ2) is 7.32. The lowest BCUT2D eigenvalue weighted by molar-refractivity contribution is 0.0710. The van der Waals surface area contributed by atoms with Crippen molar-refractivity contribution in [2.75, 3.05) is 38.2 Å². The largest absolute Gasteiger partial charge is 0.508 e. The van der Waals surface area contributed by atoms with Gasteiger partial charge in [0.2, 0.25) is 0 Å². The number of ether oxygens (including phenoxy) is 1. The van der Waals surface area contributed by atoms with Crippen LogP contribution in [0.4, 0.5) is 5.69 Å². The lowest BCUT2D eigenvalue weighted by Crippen LogP contribution is -2.48. The van der Waals surface area contributed by atoms with E-state index in [1.807, 2.05) is 41.3 Å². The Bertz CT molecular complexity index is 940. The Kier molecular flexibility index (Phi) is 4.73. The number of hydrogen-bond acceptors (Lipinski definition) is 5. The third kappa shape index (κ3) is 3.36. The van der Waals surface area contributed by atoms with Crippen LogP contribution in [0.2, 0.25) is 0 Å². The highest BCUT2D eigenvalue weighted by atomic mass is 16.5. The van der Waals surface area contributed by atoms with Crippen molar-refractivity contribution in [2.45, 2.75) is 6.61 Å². The fourth-order valence-electron chi connectivity index (χ4n) is 3.53. The molecule has 0 bridgehead atoms. The molecule has 0 unspecified atom stereocenters. The van der Waals surface area contributed by atoms with Gasteiger partial charge >= 0.3 is 0 Å². The lowest BCUT2D eigenvalue weighted by atomic mass is 10.1. The van der Waals surface area contributed by atoms with E-state index in [-0.39, 0.29) is 11.7 Å². The number of anilines is 1. The number of carbonyl (C=O) groups excluding carboxylic acids is 1. The fourth-order valence-corrected chi connectivity index (χ4v) is 3.53. The van der Waals surface area contributed by atoms with Crippen molar-refractivity contribution in [3.8, 4) is 5.75 Å². The van der Waals surface area contributed by atoms with Gasteiger partial charge in [-0.2, -0.15) is 0 Å². The van der Waals surface area contributed by atoms with Crippen LogP contribution in [0.15, 0.2) is 52.9 Å². The van der Waals surface area contributed by atoms with Gasteiger partial charge in [0.1, 0.15) is 11.3 Å². The molecule has 0 spiro atoms. The maximum atomic E-state index is 13.1. The van der Waals surface area contributed by atoms with Gasteiger partial charge in [-0.1, -0.05) is 18.2 Å². The topological polar surface area (TPSA) is 66.2 Å². The molecule has 2 heterocycles. The fraction of sp³-hybridized carbons (Fsp3) is 0.286. The van der Waals surface area contributed by atoms with E-state index in [1.165, 1.54) is 0 Å². The molecule has 4 rings (SSSR count). The highest BCUT2D eigenvalue weighted by Crippen LogP contribution is 2.28. The second-order valence-corrected chi connectivity index (χ2v) is 6.63. The molecule has 1 aliphatic heterocycles. The summed E-state index contributed by atoms with van der Waals surface area (Å²) in [6.45, 7) is 3.03.